The van der Waals surface area contributed by atoms with Crippen molar-refractivity contribution < 1.29 is 9.90 Å². The Morgan fingerprint density at radius 2 is 2.20 bits per heavy atom. The summed E-state index contributed by atoms with van der Waals surface area (Å²) in [5, 5.41) is 8.98. The Morgan fingerprint density at radius 3 is 2.90 bits per heavy atom. The van der Waals surface area contributed by atoms with E-state index in [4.69, 9.17) is 5.11 Å². The zero-order valence-corrected chi connectivity index (χ0v) is 10.8. The van der Waals surface area contributed by atoms with Gasteiger partial charge >= 0.3 is 5.97 Å². The summed E-state index contributed by atoms with van der Waals surface area (Å²) in [6.45, 7) is 1.80. The molecule has 0 saturated heterocycles. The number of aliphatic carboxylic acids is 1. The van der Waals surface area contributed by atoms with Crippen molar-refractivity contribution in [2.75, 3.05) is 0 Å². The molecule has 0 aliphatic rings. The number of nitrogens with zero attached hydrogens (tertiary/aromatic N) is 4. The highest BCUT2D eigenvalue weighted by atomic mass is 16.4. The lowest BCUT2D eigenvalue weighted by Gasteiger charge is -2.04. The van der Waals surface area contributed by atoms with Crippen LogP contribution in [0.15, 0.2) is 37.1 Å². The van der Waals surface area contributed by atoms with Crippen LogP contribution < -0.4 is 0 Å². The van der Waals surface area contributed by atoms with Crippen LogP contribution in [0, 0.1) is 6.92 Å². The molecule has 3 heterocycles. The fourth-order valence-corrected chi connectivity index (χ4v) is 2.21. The molecule has 0 aliphatic heterocycles. The molecule has 0 atom stereocenters. The Kier molecular flexibility index (Phi) is 2.90. The third-order valence-corrected chi connectivity index (χ3v) is 3.13. The van der Waals surface area contributed by atoms with Gasteiger partial charge in [0.2, 0.25) is 0 Å². The van der Waals surface area contributed by atoms with Gasteiger partial charge in [0.1, 0.15) is 12.0 Å². The van der Waals surface area contributed by atoms with Crippen LogP contribution in [0.2, 0.25) is 0 Å². The van der Waals surface area contributed by atoms with Crippen molar-refractivity contribution in [1.82, 2.24) is 19.4 Å². The normalized spacial score (nSPS) is 10.8. The molecule has 0 fully saturated rings. The lowest BCUT2D eigenvalue weighted by atomic mass is 10.1. The summed E-state index contributed by atoms with van der Waals surface area (Å²) in [5.74, 6) is -0.887. The van der Waals surface area contributed by atoms with E-state index in [1.807, 2.05) is 12.1 Å². The van der Waals surface area contributed by atoms with Crippen LogP contribution in [0.4, 0.5) is 0 Å². The number of carboxylic acid groups (broad SMARTS) is 1. The van der Waals surface area contributed by atoms with Crippen LogP contribution in [0.25, 0.3) is 16.8 Å². The molecule has 0 aliphatic carbocycles. The van der Waals surface area contributed by atoms with Gasteiger partial charge in [0.05, 0.1) is 17.8 Å². The van der Waals surface area contributed by atoms with E-state index in [9.17, 15) is 4.79 Å². The van der Waals surface area contributed by atoms with Gasteiger partial charge in [-0.05, 0) is 13.0 Å². The maximum absolute atomic E-state index is 10.9. The smallest absolute Gasteiger partial charge is 0.309 e. The fraction of sp³-hybridized carbons (Fsp3) is 0.143. The average Bonchev–Trinajstić information content (AvgIpc) is 2.76. The van der Waals surface area contributed by atoms with Crippen molar-refractivity contribution in [3.63, 3.8) is 0 Å². The summed E-state index contributed by atoms with van der Waals surface area (Å²) in [7, 11) is 0. The van der Waals surface area contributed by atoms with E-state index in [0.29, 0.717) is 17.0 Å². The molecule has 3 aromatic rings. The average molecular weight is 268 g/mol. The van der Waals surface area contributed by atoms with E-state index in [1.54, 1.807) is 36.2 Å². The second kappa shape index (κ2) is 4.73. The molecule has 0 amide bonds. The zero-order chi connectivity index (χ0) is 14.1. The summed E-state index contributed by atoms with van der Waals surface area (Å²) in [6, 6.07) is 3.76. The van der Waals surface area contributed by atoms with Gasteiger partial charge in [0, 0.05) is 29.7 Å². The molecule has 0 unspecified atom stereocenters. The van der Waals surface area contributed by atoms with Gasteiger partial charge in [-0.1, -0.05) is 6.07 Å². The molecule has 6 nitrogen and oxygen atoms in total. The van der Waals surface area contributed by atoms with Crippen LogP contribution in [-0.2, 0) is 11.2 Å². The minimum absolute atomic E-state index is 0.0782. The molecule has 6 heteroatoms. The molecule has 0 aromatic carbocycles. The zero-order valence-electron chi connectivity index (χ0n) is 10.8. The number of hydrogen-bond donors (Lipinski definition) is 1. The molecule has 20 heavy (non-hydrogen) atoms. The van der Waals surface area contributed by atoms with Crippen LogP contribution in [0.1, 0.15) is 11.4 Å². The number of carboxylic acids is 1. The number of imidazole rings is 1. The molecule has 0 spiro atoms. The van der Waals surface area contributed by atoms with Gasteiger partial charge in [0.15, 0.2) is 0 Å². The summed E-state index contributed by atoms with van der Waals surface area (Å²) in [5.41, 5.74) is 3.77. The molecular weight excluding hydrogens is 256 g/mol. The standard InChI is InChI=1S/C14H12N4O2/c1-9-12(5-13(19)20)18-8-16-7-11(14(18)17-9)10-3-2-4-15-6-10/h2-4,6-8H,5H2,1H3,(H,19,20). The quantitative estimate of drug-likeness (QED) is 0.782. The van der Waals surface area contributed by atoms with E-state index < -0.39 is 5.97 Å². The third-order valence-electron chi connectivity index (χ3n) is 3.13. The van der Waals surface area contributed by atoms with Crippen molar-refractivity contribution >= 4 is 11.6 Å². The molecule has 0 radical (unpaired) electrons. The molecule has 1 N–H and O–H groups in total. The number of rotatable bonds is 3. The molecule has 0 bridgehead atoms. The van der Waals surface area contributed by atoms with E-state index >= 15 is 0 Å². The Hall–Kier alpha value is -2.76. The number of carbonyl (C=O) groups is 1. The van der Waals surface area contributed by atoms with Crippen LogP contribution in [0.3, 0.4) is 0 Å². The van der Waals surface area contributed by atoms with E-state index in [-0.39, 0.29) is 6.42 Å². The highest BCUT2D eigenvalue weighted by Crippen LogP contribution is 2.24. The maximum Gasteiger partial charge on any atom is 0.309 e. The Balaban J connectivity index is 2.24. The molecule has 3 aromatic heterocycles. The van der Waals surface area contributed by atoms with Crippen molar-refractivity contribution in [3.05, 3.63) is 48.4 Å². The molecular formula is C14H12N4O2. The van der Waals surface area contributed by atoms with Gasteiger partial charge in [-0.2, -0.15) is 0 Å². The first-order chi connectivity index (χ1) is 9.66. The SMILES string of the molecule is Cc1nc2c(-c3cccnc3)cncn2c1CC(=O)O. The van der Waals surface area contributed by atoms with Crippen LogP contribution in [-0.4, -0.2) is 30.4 Å². The number of hydrogen-bond acceptors (Lipinski definition) is 4. The highest BCUT2D eigenvalue weighted by molar-refractivity contribution is 5.78. The predicted molar refractivity (Wildman–Crippen MR) is 72.3 cm³/mol. The Labute approximate surface area is 114 Å². The first-order valence-electron chi connectivity index (χ1n) is 6.10. The minimum atomic E-state index is -0.887. The van der Waals surface area contributed by atoms with Gasteiger partial charge in [0.25, 0.3) is 0 Å². The van der Waals surface area contributed by atoms with Gasteiger partial charge in [-0.3, -0.25) is 14.2 Å². The van der Waals surface area contributed by atoms with Crippen LogP contribution >= 0.6 is 0 Å². The summed E-state index contributed by atoms with van der Waals surface area (Å²) in [4.78, 5) is 23.7. The summed E-state index contributed by atoms with van der Waals surface area (Å²) >= 11 is 0. The number of aromatic nitrogens is 4. The number of fused-ring (bicyclic) bond motifs is 1. The first-order valence-corrected chi connectivity index (χ1v) is 6.10. The van der Waals surface area contributed by atoms with Crippen LogP contribution in [0.5, 0.6) is 0 Å². The van der Waals surface area contributed by atoms with Crippen molar-refractivity contribution in [2.24, 2.45) is 0 Å². The lowest BCUT2D eigenvalue weighted by Crippen LogP contribution is -2.05. The predicted octanol–water partition coefficient (Wildman–Crippen LogP) is 1.73. The second-order valence-electron chi connectivity index (χ2n) is 4.46. The minimum Gasteiger partial charge on any atom is -0.481 e. The van der Waals surface area contributed by atoms with Gasteiger partial charge in [-0.15, -0.1) is 0 Å². The highest BCUT2D eigenvalue weighted by Gasteiger charge is 2.15. The monoisotopic (exact) mass is 268 g/mol. The topological polar surface area (TPSA) is 80.4 Å². The van der Waals surface area contributed by atoms with E-state index in [2.05, 4.69) is 15.0 Å². The molecule has 100 valence electrons. The van der Waals surface area contributed by atoms with Crippen molar-refractivity contribution in [1.29, 1.82) is 0 Å². The fourth-order valence-electron chi connectivity index (χ4n) is 2.21. The second-order valence-corrected chi connectivity index (χ2v) is 4.46. The summed E-state index contributed by atoms with van der Waals surface area (Å²) in [6.07, 6.45) is 6.66. The van der Waals surface area contributed by atoms with E-state index in [0.717, 1.165) is 11.1 Å². The maximum atomic E-state index is 10.9. The number of pyridine rings is 1. The molecule has 3 rings (SSSR count). The van der Waals surface area contributed by atoms with Gasteiger partial charge < -0.3 is 5.11 Å². The number of aryl methyl sites for hydroxylation is 1. The lowest BCUT2D eigenvalue weighted by molar-refractivity contribution is -0.136. The van der Waals surface area contributed by atoms with Crippen molar-refractivity contribution in [3.8, 4) is 11.1 Å². The Bertz CT molecular complexity index is 780. The van der Waals surface area contributed by atoms with E-state index in [1.165, 1.54) is 0 Å². The van der Waals surface area contributed by atoms with Gasteiger partial charge in [-0.25, -0.2) is 9.97 Å². The summed E-state index contributed by atoms with van der Waals surface area (Å²) < 4.78 is 1.73. The Morgan fingerprint density at radius 1 is 1.35 bits per heavy atom. The largest absolute Gasteiger partial charge is 0.481 e. The molecule has 0 saturated carbocycles. The third kappa shape index (κ3) is 2.01. The first kappa shape index (κ1) is 12.3. The van der Waals surface area contributed by atoms with Crippen molar-refractivity contribution in [2.45, 2.75) is 13.3 Å².